The minimum atomic E-state index is 0.135. The van der Waals surface area contributed by atoms with Crippen molar-refractivity contribution in [2.45, 2.75) is 32.5 Å². The van der Waals surface area contributed by atoms with Crippen LogP contribution in [0.2, 0.25) is 0 Å². The van der Waals surface area contributed by atoms with Crippen LogP contribution in [0, 0.1) is 5.92 Å². The molecule has 0 saturated carbocycles. The fourth-order valence-corrected chi connectivity index (χ4v) is 2.28. The van der Waals surface area contributed by atoms with Gasteiger partial charge in [-0.15, -0.1) is 0 Å². The normalized spacial score (nSPS) is 24.2. The molecule has 3 heteroatoms. The second-order valence-corrected chi connectivity index (χ2v) is 4.81. The van der Waals surface area contributed by atoms with E-state index in [1.807, 2.05) is 26.0 Å². The minimum Gasteiger partial charge on any atom is -0.491 e. The molecule has 94 valence electrons. The van der Waals surface area contributed by atoms with E-state index in [4.69, 9.17) is 15.2 Å². The van der Waals surface area contributed by atoms with Crippen molar-refractivity contribution in [2.75, 3.05) is 13.2 Å². The quantitative estimate of drug-likeness (QED) is 0.872. The molecule has 2 atom stereocenters. The maximum atomic E-state index is 5.77. The summed E-state index contributed by atoms with van der Waals surface area (Å²) in [5.74, 6) is 1.34. The molecular formula is C14H21NO2. The van der Waals surface area contributed by atoms with Crippen molar-refractivity contribution in [3.05, 3.63) is 29.8 Å². The molecule has 1 fully saturated rings. The lowest BCUT2D eigenvalue weighted by Crippen LogP contribution is -2.18. The monoisotopic (exact) mass is 235 g/mol. The van der Waals surface area contributed by atoms with Crippen molar-refractivity contribution in [3.8, 4) is 5.75 Å². The highest BCUT2D eigenvalue weighted by molar-refractivity contribution is 5.30. The third kappa shape index (κ3) is 2.99. The van der Waals surface area contributed by atoms with E-state index in [0.29, 0.717) is 12.5 Å². The van der Waals surface area contributed by atoms with Gasteiger partial charge in [0.2, 0.25) is 0 Å². The SMILES string of the molecule is CC(C)Oc1cccc(C2OCCC2CN)c1. The van der Waals surface area contributed by atoms with E-state index >= 15 is 0 Å². The summed E-state index contributed by atoms with van der Waals surface area (Å²) in [5, 5.41) is 0. The molecule has 2 rings (SSSR count). The number of rotatable bonds is 4. The van der Waals surface area contributed by atoms with Crippen LogP contribution < -0.4 is 10.5 Å². The zero-order valence-electron chi connectivity index (χ0n) is 10.6. The molecule has 0 amide bonds. The fraction of sp³-hybridized carbons (Fsp3) is 0.571. The van der Waals surface area contributed by atoms with Crippen molar-refractivity contribution in [1.29, 1.82) is 0 Å². The highest BCUT2D eigenvalue weighted by atomic mass is 16.5. The van der Waals surface area contributed by atoms with Gasteiger partial charge in [0.25, 0.3) is 0 Å². The van der Waals surface area contributed by atoms with E-state index < -0.39 is 0 Å². The first-order valence-electron chi connectivity index (χ1n) is 6.29. The average Bonchev–Trinajstić information content (AvgIpc) is 2.76. The van der Waals surface area contributed by atoms with Crippen LogP contribution in [0.15, 0.2) is 24.3 Å². The van der Waals surface area contributed by atoms with E-state index in [1.165, 1.54) is 5.56 Å². The van der Waals surface area contributed by atoms with Gasteiger partial charge in [-0.2, -0.15) is 0 Å². The topological polar surface area (TPSA) is 44.5 Å². The van der Waals surface area contributed by atoms with E-state index in [0.717, 1.165) is 18.8 Å². The Kier molecular flexibility index (Phi) is 4.02. The third-order valence-electron chi connectivity index (χ3n) is 3.08. The van der Waals surface area contributed by atoms with Crippen molar-refractivity contribution in [2.24, 2.45) is 11.7 Å². The molecule has 1 heterocycles. The lowest BCUT2D eigenvalue weighted by molar-refractivity contribution is 0.0921. The van der Waals surface area contributed by atoms with E-state index in [9.17, 15) is 0 Å². The fourth-order valence-electron chi connectivity index (χ4n) is 2.28. The van der Waals surface area contributed by atoms with Gasteiger partial charge in [0.15, 0.2) is 0 Å². The van der Waals surface area contributed by atoms with Gasteiger partial charge in [-0.25, -0.2) is 0 Å². The molecule has 0 spiro atoms. The zero-order chi connectivity index (χ0) is 12.3. The predicted octanol–water partition coefficient (Wildman–Crippen LogP) is 2.51. The first-order chi connectivity index (χ1) is 8.20. The Morgan fingerprint density at radius 2 is 2.29 bits per heavy atom. The van der Waals surface area contributed by atoms with Gasteiger partial charge in [-0.1, -0.05) is 12.1 Å². The summed E-state index contributed by atoms with van der Waals surface area (Å²) in [6.07, 6.45) is 1.38. The van der Waals surface area contributed by atoms with E-state index in [2.05, 4.69) is 12.1 Å². The number of nitrogens with two attached hydrogens (primary N) is 1. The minimum absolute atomic E-state index is 0.135. The van der Waals surface area contributed by atoms with Crippen LogP contribution in [0.3, 0.4) is 0 Å². The average molecular weight is 235 g/mol. The molecule has 0 aliphatic carbocycles. The lowest BCUT2D eigenvalue weighted by atomic mass is 9.95. The van der Waals surface area contributed by atoms with Crippen molar-refractivity contribution in [1.82, 2.24) is 0 Å². The molecule has 17 heavy (non-hydrogen) atoms. The van der Waals surface area contributed by atoms with Gasteiger partial charge in [0.05, 0.1) is 12.2 Å². The number of benzene rings is 1. The summed E-state index contributed by atoms with van der Waals surface area (Å²) < 4.78 is 11.5. The Balaban J connectivity index is 2.15. The van der Waals surface area contributed by atoms with Crippen LogP contribution in [0.1, 0.15) is 31.9 Å². The molecule has 0 aromatic heterocycles. The Bertz CT molecular complexity index is 365. The summed E-state index contributed by atoms with van der Waals surface area (Å²) in [5.41, 5.74) is 6.95. The summed E-state index contributed by atoms with van der Waals surface area (Å²) in [4.78, 5) is 0. The Labute approximate surface area is 103 Å². The van der Waals surface area contributed by atoms with Gasteiger partial charge in [0, 0.05) is 12.5 Å². The van der Waals surface area contributed by atoms with E-state index in [1.54, 1.807) is 0 Å². The largest absolute Gasteiger partial charge is 0.491 e. The van der Waals surface area contributed by atoms with Crippen LogP contribution in [-0.2, 0) is 4.74 Å². The van der Waals surface area contributed by atoms with Crippen LogP contribution in [0.4, 0.5) is 0 Å². The molecule has 1 saturated heterocycles. The highest BCUT2D eigenvalue weighted by Gasteiger charge is 2.28. The van der Waals surface area contributed by atoms with Gasteiger partial charge < -0.3 is 15.2 Å². The molecule has 1 aliphatic heterocycles. The number of hydrogen-bond donors (Lipinski definition) is 1. The molecule has 1 aliphatic rings. The first kappa shape index (κ1) is 12.4. The number of hydrogen-bond acceptors (Lipinski definition) is 3. The van der Waals surface area contributed by atoms with Gasteiger partial charge in [-0.3, -0.25) is 0 Å². The van der Waals surface area contributed by atoms with Crippen LogP contribution in [-0.4, -0.2) is 19.3 Å². The second-order valence-electron chi connectivity index (χ2n) is 4.81. The van der Waals surface area contributed by atoms with Crippen LogP contribution in [0.25, 0.3) is 0 Å². The maximum absolute atomic E-state index is 5.77. The van der Waals surface area contributed by atoms with Crippen molar-refractivity contribution >= 4 is 0 Å². The zero-order valence-corrected chi connectivity index (χ0v) is 10.6. The first-order valence-corrected chi connectivity index (χ1v) is 6.29. The van der Waals surface area contributed by atoms with Crippen LogP contribution in [0.5, 0.6) is 5.75 Å². The Hall–Kier alpha value is -1.06. The summed E-state index contributed by atoms with van der Waals surface area (Å²) in [6, 6.07) is 8.16. The summed E-state index contributed by atoms with van der Waals surface area (Å²) in [6.45, 7) is 5.55. The van der Waals surface area contributed by atoms with Gasteiger partial charge in [-0.05, 0) is 44.5 Å². The molecular weight excluding hydrogens is 214 g/mol. The molecule has 0 bridgehead atoms. The molecule has 0 radical (unpaired) electrons. The smallest absolute Gasteiger partial charge is 0.120 e. The van der Waals surface area contributed by atoms with Gasteiger partial charge >= 0.3 is 0 Å². The van der Waals surface area contributed by atoms with Crippen molar-refractivity contribution < 1.29 is 9.47 Å². The Morgan fingerprint density at radius 3 is 3.00 bits per heavy atom. The van der Waals surface area contributed by atoms with E-state index in [-0.39, 0.29) is 12.2 Å². The summed E-state index contributed by atoms with van der Waals surface area (Å²) >= 11 is 0. The predicted molar refractivity (Wildman–Crippen MR) is 68.1 cm³/mol. The summed E-state index contributed by atoms with van der Waals surface area (Å²) in [7, 11) is 0. The molecule has 2 unspecified atom stereocenters. The highest BCUT2D eigenvalue weighted by Crippen LogP contribution is 2.35. The second kappa shape index (κ2) is 5.52. The molecule has 3 nitrogen and oxygen atoms in total. The van der Waals surface area contributed by atoms with Crippen LogP contribution >= 0.6 is 0 Å². The Morgan fingerprint density at radius 1 is 1.47 bits per heavy atom. The van der Waals surface area contributed by atoms with Gasteiger partial charge in [0.1, 0.15) is 5.75 Å². The molecule has 2 N–H and O–H groups in total. The van der Waals surface area contributed by atoms with Crippen molar-refractivity contribution in [3.63, 3.8) is 0 Å². The number of ether oxygens (including phenoxy) is 2. The lowest BCUT2D eigenvalue weighted by Gasteiger charge is -2.18. The molecule has 1 aromatic rings. The maximum Gasteiger partial charge on any atom is 0.120 e. The molecule has 1 aromatic carbocycles. The third-order valence-corrected chi connectivity index (χ3v) is 3.08. The standard InChI is InChI=1S/C14H21NO2/c1-10(2)17-13-5-3-4-11(8-13)14-12(9-15)6-7-16-14/h3-5,8,10,12,14H,6-7,9,15H2,1-2H3.